The summed E-state index contributed by atoms with van der Waals surface area (Å²) in [4.78, 5) is 13.0. The van der Waals surface area contributed by atoms with Crippen LogP contribution in [0.2, 0.25) is 0 Å². The second-order valence-electron chi connectivity index (χ2n) is 4.29. The lowest BCUT2D eigenvalue weighted by molar-refractivity contribution is 0.112. The van der Waals surface area contributed by atoms with Gasteiger partial charge in [-0.15, -0.1) is 4.89 Å². The third-order valence-corrected chi connectivity index (χ3v) is 3.34. The number of para-hydroxylation sites is 1. The lowest BCUT2D eigenvalue weighted by Crippen LogP contribution is -1.98. The van der Waals surface area contributed by atoms with Crippen LogP contribution in [0.3, 0.4) is 0 Å². The molecule has 0 amide bonds. The zero-order chi connectivity index (χ0) is 14.8. The van der Waals surface area contributed by atoms with Crippen molar-refractivity contribution in [3.8, 4) is 11.5 Å². The number of hydrogen-bond donors (Lipinski definition) is 2. The molecule has 2 N–H and O–H groups in total. The van der Waals surface area contributed by atoms with Crippen molar-refractivity contribution >= 4 is 30.1 Å². The minimum absolute atomic E-state index is 0.0810. The van der Waals surface area contributed by atoms with Crippen LogP contribution in [0.25, 0.3) is 21.8 Å². The van der Waals surface area contributed by atoms with Gasteiger partial charge in [-0.1, -0.05) is 22.7 Å². The maximum Gasteiger partial charge on any atom is 0.698 e. The van der Waals surface area contributed by atoms with E-state index in [4.69, 9.17) is 9.63 Å². The van der Waals surface area contributed by atoms with Gasteiger partial charge in [-0.05, 0) is 24.3 Å². The number of phenolic OH excluding ortho intramolecular Hbond substituents is 1. The Morgan fingerprint density at radius 2 is 1.95 bits per heavy atom. The molecule has 1 atom stereocenters. The molecule has 0 saturated heterocycles. The van der Waals surface area contributed by atoms with Gasteiger partial charge in [-0.3, -0.25) is 0 Å². The molecule has 0 aliphatic rings. The van der Waals surface area contributed by atoms with Crippen LogP contribution in [0.4, 0.5) is 0 Å². The zero-order valence-electron chi connectivity index (χ0n) is 10.8. The number of hydrogen-bond acceptors (Lipinski definition) is 5. The van der Waals surface area contributed by atoms with E-state index in [1.54, 1.807) is 6.07 Å². The third kappa shape index (κ3) is 2.78. The number of pyridine rings is 1. The molecule has 1 heterocycles. The fourth-order valence-corrected chi connectivity index (χ4v) is 2.21. The number of fused-ring (bicyclic) bond motifs is 2. The molecule has 0 saturated carbocycles. The highest BCUT2D eigenvalue weighted by atomic mass is 31.1. The largest absolute Gasteiger partial charge is 0.698 e. The summed E-state index contributed by atoms with van der Waals surface area (Å²) < 4.78 is 19.9. The van der Waals surface area contributed by atoms with Gasteiger partial charge < -0.3 is 9.84 Å². The average Bonchev–Trinajstić information content (AvgIpc) is 2.48. The lowest BCUT2D eigenvalue weighted by atomic mass is 10.1. The number of aromatic hydroxyl groups is 1. The van der Waals surface area contributed by atoms with E-state index in [2.05, 4.69) is 9.51 Å². The van der Waals surface area contributed by atoms with Crippen molar-refractivity contribution in [3.63, 3.8) is 0 Å². The summed E-state index contributed by atoms with van der Waals surface area (Å²) in [5.41, 5.74) is 1.46. The van der Waals surface area contributed by atoms with Gasteiger partial charge in [0.1, 0.15) is 0 Å². The van der Waals surface area contributed by atoms with Crippen LogP contribution in [0.15, 0.2) is 42.5 Å². The summed E-state index contributed by atoms with van der Waals surface area (Å²) in [6, 6.07) is 12.6. The Balaban J connectivity index is 2.02. The van der Waals surface area contributed by atoms with E-state index in [1.165, 1.54) is 6.07 Å². The first-order valence-corrected chi connectivity index (χ1v) is 7.21. The average molecular weight is 304 g/mol. The fraction of sp³-hybridized carbons (Fsp3) is 0.0714. The summed E-state index contributed by atoms with van der Waals surface area (Å²) in [5, 5.41) is 11.7. The maximum atomic E-state index is 10.4. The molecule has 6 nitrogen and oxygen atoms in total. The van der Waals surface area contributed by atoms with Gasteiger partial charge in [0.15, 0.2) is 11.5 Å². The zero-order valence-corrected chi connectivity index (χ0v) is 11.7. The Labute approximate surface area is 120 Å². The number of benzene rings is 2. The SMILES string of the molecule is O=[P+](O)OCOc1ccc2nc3ccccc3cc2c1O. The van der Waals surface area contributed by atoms with Crippen molar-refractivity contribution in [3.05, 3.63) is 42.5 Å². The number of nitrogens with zero attached hydrogens (tertiary/aromatic N) is 1. The van der Waals surface area contributed by atoms with Gasteiger partial charge >= 0.3 is 8.25 Å². The molecule has 7 heteroatoms. The quantitative estimate of drug-likeness (QED) is 0.437. The van der Waals surface area contributed by atoms with Gasteiger partial charge in [-0.25, -0.2) is 4.98 Å². The maximum absolute atomic E-state index is 10.4. The fourth-order valence-electron chi connectivity index (χ4n) is 2.07. The van der Waals surface area contributed by atoms with Crippen LogP contribution >= 0.6 is 8.25 Å². The normalized spacial score (nSPS) is 11.8. The molecule has 0 spiro atoms. The molecule has 106 valence electrons. The molecule has 0 radical (unpaired) electrons. The highest BCUT2D eigenvalue weighted by Gasteiger charge is 2.14. The summed E-state index contributed by atoms with van der Waals surface area (Å²) in [7, 11) is -2.73. The van der Waals surface area contributed by atoms with E-state index >= 15 is 0 Å². The van der Waals surface area contributed by atoms with Crippen molar-refractivity contribution in [2.75, 3.05) is 6.79 Å². The Kier molecular flexibility index (Phi) is 3.66. The van der Waals surface area contributed by atoms with Gasteiger partial charge in [0, 0.05) is 15.3 Å². The molecule has 0 fully saturated rings. The molecule has 1 unspecified atom stereocenters. The van der Waals surface area contributed by atoms with Crippen molar-refractivity contribution in [1.29, 1.82) is 0 Å². The topological polar surface area (TPSA) is 88.9 Å². The minimum atomic E-state index is -2.73. The van der Waals surface area contributed by atoms with E-state index in [-0.39, 0.29) is 11.5 Å². The first-order valence-electron chi connectivity index (χ1n) is 6.08. The summed E-state index contributed by atoms with van der Waals surface area (Å²) in [6.07, 6.45) is 0. The standard InChI is InChI=1S/C14H10NO5P/c16-14-10-7-9-3-1-2-4-11(9)15-12(10)5-6-13(14)19-8-20-21(17)18/h1-7H,8H2,(H-,15,16,17,18)/p+1. The van der Waals surface area contributed by atoms with E-state index < -0.39 is 15.0 Å². The second kappa shape index (κ2) is 5.61. The van der Waals surface area contributed by atoms with Gasteiger partial charge in [0.25, 0.3) is 0 Å². The van der Waals surface area contributed by atoms with E-state index in [1.807, 2.05) is 30.3 Å². The first kappa shape index (κ1) is 13.7. The third-order valence-electron chi connectivity index (χ3n) is 3.01. The summed E-state index contributed by atoms with van der Waals surface area (Å²) in [6.45, 7) is -0.425. The number of ether oxygens (including phenoxy) is 1. The monoisotopic (exact) mass is 304 g/mol. The smallest absolute Gasteiger partial charge is 0.504 e. The molecular formula is C14H11NO5P+. The summed E-state index contributed by atoms with van der Waals surface area (Å²) >= 11 is 0. The van der Waals surface area contributed by atoms with Crippen LogP contribution in [0.5, 0.6) is 11.5 Å². The second-order valence-corrected chi connectivity index (χ2v) is 5.02. The Hall–Kier alpha value is -2.27. The molecule has 1 aromatic heterocycles. The molecule has 3 rings (SSSR count). The van der Waals surface area contributed by atoms with E-state index in [0.29, 0.717) is 10.9 Å². The van der Waals surface area contributed by atoms with E-state index in [9.17, 15) is 9.67 Å². The van der Waals surface area contributed by atoms with Crippen LogP contribution in [0.1, 0.15) is 0 Å². The molecule has 2 aromatic carbocycles. The van der Waals surface area contributed by atoms with Crippen LogP contribution in [0, 0.1) is 0 Å². The Bertz CT molecular complexity index is 836. The lowest BCUT2D eigenvalue weighted by Gasteiger charge is -2.08. The highest BCUT2D eigenvalue weighted by molar-refractivity contribution is 7.32. The number of phenols is 1. The predicted molar refractivity (Wildman–Crippen MR) is 77.3 cm³/mol. The van der Waals surface area contributed by atoms with Crippen LogP contribution < -0.4 is 4.74 Å². The molecule has 0 aliphatic heterocycles. The number of rotatable bonds is 4. The van der Waals surface area contributed by atoms with Gasteiger partial charge in [0.05, 0.1) is 11.0 Å². The van der Waals surface area contributed by atoms with E-state index in [0.717, 1.165) is 10.9 Å². The van der Waals surface area contributed by atoms with Crippen molar-refractivity contribution in [2.24, 2.45) is 0 Å². The molecule has 0 aliphatic carbocycles. The van der Waals surface area contributed by atoms with Crippen molar-refractivity contribution in [2.45, 2.75) is 0 Å². The Morgan fingerprint density at radius 1 is 1.14 bits per heavy atom. The minimum Gasteiger partial charge on any atom is -0.504 e. The van der Waals surface area contributed by atoms with Gasteiger partial charge in [0.2, 0.25) is 6.79 Å². The van der Waals surface area contributed by atoms with Crippen molar-refractivity contribution in [1.82, 2.24) is 4.98 Å². The molecule has 0 bridgehead atoms. The molecule has 21 heavy (non-hydrogen) atoms. The Morgan fingerprint density at radius 3 is 2.76 bits per heavy atom. The number of aromatic nitrogens is 1. The van der Waals surface area contributed by atoms with Crippen LogP contribution in [-0.4, -0.2) is 21.8 Å². The summed E-state index contributed by atoms with van der Waals surface area (Å²) in [5.74, 6) is 0.0824. The van der Waals surface area contributed by atoms with Crippen molar-refractivity contribution < 1.29 is 23.8 Å². The molecule has 3 aromatic rings. The predicted octanol–water partition coefficient (Wildman–Crippen LogP) is 3.10. The molecular weight excluding hydrogens is 293 g/mol. The van der Waals surface area contributed by atoms with Gasteiger partial charge in [-0.2, -0.15) is 0 Å². The first-order chi connectivity index (χ1) is 10.1. The highest BCUT2D eigenvalue weighted by Crippen LogP contribution is 2.35. The van der Waals surface area contributed by atoms with Crippen LogP contribution in [-0.2, 0) is 9.09 Å².